The summed E-state index contributed by atoms with van der Waals surface area (Å²) >= 11 is 12.8. The molecule has 20 heavy (non-hydrogen) atoms. The van der Waals surface area contributed by atoms with E-state index in [4.69, 9.17) is 11.6 Å². The summed E-state index contributed by atoms with van der Waals surface area (Å²) in [7, 11) is 0. The molecule has 1 nitrogen and oxygen atoms in total. The van der Waals surface area contributed by atoms with Crippen LogP contribution in [0, 0.1) is 5.82 Å². The van der Waals surface area contributed by atoms with E-state index in [0.29, 0.717) is 0 Å². The minimum Gasteiger partial charge on any atom is -0.305 e. The van der Waals surface area contributed by atoms with Crippen LogP contribution in [0.3, 0.4) is 0 Å². The highest BCUT2D eigenvalue weighted by Gasteiger charge is 2.21. The third kappa shape index (κ3) is 3.22. The van der Waals surface area contributed by atoms with Crippen LogP contribution in [0.5, 0.6) is 0 Å². The topological polar surface area (TPSA) is 12.0 Å². The number of thioether (sulfide) groups is 1. The zero-order valence-electron chi connectivity index (χ0n) is 10.5. The molecular formula is C14H12BrClFNS2. The maximum Gasteiger partial charge on any atom is 0.123 e. The van der Waals surface area contributed by atoms with Crippen LogP contribution in [-0.4, -0.2) is 5.75 Å². The highest BCUT2D eigenvalue weighted by molar-refractivity contribution is 9.10. The van der Waals surface area contributed by atoms with Crippen LogP contribution in [-0.2, 0) is 6.54 Å². The second-order valence-electron chi connectivity index (χ2n) is 4.59. The second kappa shape index (κ2) is 6.36. The van der Waals surface area contributed by atoms with Crippen molar-refractivity contribution in [2.75, 3.05) is 5.75 Å². The van der Waals surface area contributed by atoms with Crippen LogP contribution in [0.4, 0.5) is 4.39 Å². The molecule has 0 spiro atoms. The molecule has 1 aromatic heterocycles. The van der Waals surface area contributed by atoms with E-state index in [1.807, 2.05) is 12.1 Å². The molecule has 1 unspecified atom stereocenters. The van der Waals surface area contributed by atoms with E-state index >= 15 is 0 Å². The third-order valence-corrected chi connectivity index (χ3v) is 6.83. The molecule has 3 rings (SSSR count). The number of hydrogen-bond donors (Lipinski definition) is 1. The van der Waals surface area contributed by atoms with Gasteiger partial charge in [0.1, 0.15) is 10.2 Å². The van der Waals surface area contributed by atoms with Crippen molar-refractivity contribution in [1.82, 2.24) is 5.32 Å². The number of nitrogens with one attached hydrogen (secondary N) is 1. The standard InChI is InChI=1S/C14H12BrClFNS2/c15-11-6-9(20-14(11)16)7-18-12-3-4-19-13-2-1-8(17)5-10(12)13/h1-2,5-6,12,18H,3-4,7H2. The van der Waals surface area contributed by atoms with Gasteiger partial charge in [-0.25, -0.2) is 4.39 Å². The number of benzene rings is 1. The molecule has 0 radical (unpaired) electrons. The quantitative estimate of drug-likeness (QED) is 0.726. The molecule has 6 heteroatoms. The average molecular weight is 393 g/mol. The predicted octanol–water partition coefficient (Wildman–Crippen LogP) is 5.63. The van der Waals surface area contributed by atoms with Gasteiger partial charge in [-0.3, -0.25) is 0 Å². The molecule has 1 aliphatic rings. The minimum absolute atomic E-state index is 0.167. The van der Waals surface area contributed by atoms with Crippen molar-refractivity contribution >= 4 is 50.6 Å². The fourth-order valence-corrected chi connectivity index (χ4v) is 5.13. The summed E-state index contributed by atoms with van der Waals surface area (Å²) in [4.78, 5) is 2.36. The monoisotopic (exact) mass is 391 g/mol. The van der Waals surface area contributed by atoms with E-state index in [-0.39, 0.29) is 11.9 Å². The Hall–Kier alpha value is -0.0700. The fraction of sp³-hybridized carbons (Fsp3) is 0.286. The van der Waals surface area contributed by atoms with Crippen molar-refractivity contribution in [3.63, 3.8) is 0 Å². The molecule has 1 N–H and O–H groups in total. The molecule has 2 aromatic rings. The van der Waals surface area contributed by atoms with Crippen LogP contribution in [0.25, 0.3) is 0 Å². The number of hydrogen-bond acceptors (Lipinski definition) is 3. The Morgan fingerprint density at radius 3 is 3.00 bits per heavy atom. The van der Waals surface area contributed by atoms with Crippen LogP contribution in [0.2, 0.25) is 4.34 Å². The molecule has 2 heterocycles. The van der Waals surface area contributed by atoms with Gasteiger partial charge in [0, 0.05) is 26.8 Å². The van der Waals surface area contributed by atoms with Crippen molar-refractivity contribution in [3.8, 4) is 0 Å². The minimum atomic E-state index is -0.167. The van der Waals surface area contributed by atoms with Gasteiger partial charge in [0.05, 0.1) is 0 Å². The first-order valence-electron chi connectivity index (χ1n) is 6.23. The van der Waals surface area contributed by atoms with Crippen molar-refractivity contribution in [2.24, 2.45) is 0 Å². The zero-order chi connectivity index (χ0) is 14.1. The van der Waals surface area contributed by atoms with Crippen LogP contribution in [0.1, 0.15) is 22.9 Å². The molecule has 1 atom stereocenters. The van der Waals surface area contributed by atoms with E-state index in [0.717, 1.165) is 33.1 Å². The Bertz CT molecular complexity index is 612. The Kier molecular flexibility index (Phi) is 4.72. The first-order chi connectivity index (χ1) is 9.63. The maximum atomic E-state index is 13.4. The van der Waals surface area contributed by atoms with Gasteiger partial charge in [0.15, 0.2) is 0 Å². The molecule has 0 bridgehead atoms. The summed E-state index contributed by atoms with van der Waals surface area (Å²) in [6, 6.07) is 7.30. The Labute approximate surface area is 139 Å². The highest BCUT2D eigenvalue weighted by Crippen LogP contribution is 2.37. The molecule has 1 aliphatic heterocycles. The van der Waals surface area contributed by atoms with Crippen LogP contribution >= 0.6 is 50.6 Å². The van der Waals surface area contributed by atoms with Crippen LogP contribution < -0.4 is 5.32 Å². The number of rotatable bonds is 3. The molecule has 0 fully saturated rings. The Morgan fingerprint density at radius 1 is 1.40 bits per heavy atom. The largest absolute Gasteiger partial charge is 0.305 e. The highest BCUT2D eigenvalue weighted by atomic mass is 79.9. The second-order valence-corrected chi connectivity index (χ2v) is 8.32. The van der Waals surface area contributed by atoms with E-state index < -0.39 is 0 Å². The van der Waals surface area contributed by atoms with Gasteiger partial charge in [0.2, 0.25) is 0 Å². The van der Waals surface area contributed by atoms with Crippen molar-refractivity contribution in [2.45, 2.75) is 23.9 Å². The summed E-state index contributed by atoms with van der Waals surface area (Å²) in [6.45, 7) is 0.751. The van der Waals surface area contributed by atoms with E-state index in [1.165, 1.54) is 15.8 Å². The first kappa shape index (κ1) is 14.9. The van der Waals surface area contributed by atoms with Crippen molar-refractivity contribution in [3.05, 3.63) is 49.3 Å². The summed E-state index contributed by atoms with van der Waals surface area (Å²) < 4.78 is 15.1. The van der Waals surface area contributed by atoms with Gasteiger partial charge in [-0.05, 0) is 57.9 Å². The molecule has 0 aliphatic carbocycles. The molecule has 0 saturated carbocycles. The van der Waals surface area contributed by atoms with Gasteiger partial charge in [0.25, 0.3) is 0 Å². The lowest BCUT2D eigenvalue weighted by atomic mass is 10.0. The zero-order valence-corrected chi connectivity index (χ0v) is 14.4. The van der Waals surface area contributed by atoms with Crippen molar-refractivity contribution in [1.29, 1.82) is 0 Å². The molecular weight excluding hydrogens is 381 g/mol. The summed E-state index contributed by atoms with van der Waals surface area (Å²) in [6.07, 6.45) is 1.02. The van der Waals surface area contributed by atoms with E-state index in [9.17, 15) is 4.39 Å². The van der Waals surface area contributed by atoms with Gasteiger partial charge in [-0.2, -0.15) is 0 Å². The predicted molar refractivity (Wildman–Crippen MR) is 88.4 cm³/mol. The molecule has 106 valence electrons. The normalized spacial score (nSPS) is 18.1. The lowest BCUT2D eigenvalue weighted by Gasteiger charge is -2.26. The SMILES string of the molecule is Fc1ccc2c(c1)C(NCc1cc(Br)c(Cl)s1)CCS2. The lowest BCUT2D eigenvalue weighted by molar-refractivity contribution is 0.507. The number of halogens is 3. The Balaban J connectivity index is 1.74. The summed E-state index contributed by atoms with van der Waals surface area (Å²) in [5, 5.41) is 3.51. The first-order valence-corrected chi connectivity index (χ1v) is 9.20. The Morgan fingerprint density at radius 2 is 2.25 bits per heavy atom. The maximum absolute atomic E-state index is 13.4. The van der Waals surface area contributed by atoms with Crippen LogP contribution in [0.15, 0.2) is 33.6 Å². The van der Waals surface area contributed by atoms with Gasteiger partial charge < -0.3 is 5.32 Å². The fourth-order valence-electron chi connectivity index (χ4n) is 2.28. The number of fused-ring (bicyclic) bond motifs is 1. The molecule has 0 amide bonds. The van der Waals surface area contributed by atoms with Gasteiger partial charge in [-0.15, -0.1) is 23.1 Å². The molecule has 1 aromatic carbocycles. The smallest absolute Gasteiger partial charge is 0.123 e. The number of thiophene rings is 1. The average Bonchev–Trinajstić information content (AvgIpc) is 2.75. The summed E-state index contributed by atoms with van der Waals surface area (Å²) in [5.74, 6) is 0.894. The summed E-state index contributed by atoms with van der Waals surface area (Å²) in [5.41, 5.74) is 1.07. The van der Waals surface area contributed by atoms with Gasteiger partial charge in [-0.1, -0.05) is 11.6 Å². The van der Waals surface area contributed by atoms with Crippen molar-refractivity contribution < 1.29 is 4.39 Å². The third-order valence-electron chi connectivity index (χ3n) is 3.23. The van der Waals surface area contributed by atoms with Gasteiger partial charge >= 0.3 is 0 Å². The van der Waals surface area contributed by atoms with E-state index in [1.54, 1.807) is 29.2 Å². The van der Waals surface area contributed by atoms with E-state index in [2.05, 4.69) is 21.2 Å². The lowest BCUT2D eigenvalue weighted by Crippen LogP contribution is -2.24. The molecule has 0 saturated heterocycles.